The summed E-state index contributed by atoms with van der Waals surface area (Å²) in [5.41, 5.74) is 1.92. The molecule has 182 valence electrons. The van der Waals surface area contributed by atoms with Crippen LogP contribution in [0.25, 0.3) is 10.9 Å². The predicted octanol–water partition coefficient (Wildman–Crippen LogP) is 6.41. The molecule has 0 bridgehead atoms. The van der Waals surface area contributed by atoms with Crippen LogP contribution in [0.5, 0.6) is 0 Å². The highest BCUT2D eigenvalue weighted by atomic mass is 35.5. The van der Waals surface area contributed by atoms with Crippen molar-refractivity contribution in [3.8, 4) is 0 Å². The molecule has 1 N–H and O–H groups in total. The van der Waals surface area contributed by atoms with E-state index in [4.69, 9.17) is 28.3 Å². The Bertz CT molecular complexity index is 1220. The highest BCUT2D eigenvalue weighted by Crippen LogP contribution is 2.35. The van der Waals surface area contributed by atoms with Crippen LogP contribution in [-0.4, -0.2) is 38.8 Å². The summed E-state index contributed by atoms with van der Waals surface area (Å²) < 4.78 is 41.2. The topological polar surface area (TPSA) is 58.4 Å². The van der Waals surface area contributed by atoms with Crippen LogP contribution < -0.4 is 0 Å². The Hall–Kier alpha value is -2.29. The molecular formula is C24H24Cl2F3N3O2. The lowest BCUT2D eigenvalue weighted by Gasteiger charge is -2.31. The number of carbonyl (C=O) groups is 1. The van der Waals surface area contributed by atoms with Crippen molar-refractivity contribution in [1.82, 2.24) is 14.7 Å². The Morgan fingerprint density at radius 1 is 1.18 bits per heavy atom. The summed E-state index contributed by atoms with van der Waals surface area (Å²) in [6.45, 7) is 4.04. The monoisotopic (exact) mass is 513 g/mol. The number of carboxylic acid groups (broad SMARTS) is 1. The standard InChI is InChI=1S/C24H24Cl2F3N3O2/c1-14-8-18(24(27,28)29)10-17-11-30-32(23(14)17)13-19-20(25)3-2-16(22(19)26)12-31-6-4-15(5-7-31)9-21(33)34/h2-3,8,10-11,15H,4-7,9,12-13H2,1H3,(H,33,34). The van der Waals surface area contributed by atoms with Crippen LogP contribution in [0.4, 0.5) is 13.2 Å². The van der Waals surface area contributed by atoms with Crippen molar-refractivity contribution in [3.05, 3.63) is 62.8 Å². The lowest BCUT2D eigenvalue weighted by molar-refractivity contribution is -0.139. The van der Waals surface area contributed by atoms with Gasteiger partial charge in [-0.1, -0.05) is 29.3 Å². The summed E-state index contributed by atoms with van der Waals surface area (Å²) in [6, 6.07) is 5.86. The van der Waals surface area contributed by atoms with Gasteiger partial charge in [0.1, 0.15) is 0 Å². The average Bonchev–Trinajstić information content (AvgIpc) is 3.17. The average molecular weight is 514 g/mol. The van der Waals surface area contributed by atoms with E-state index in [1.807, 2.05) is 6.07 Å². The van der Waals surface area contributed by atoms with Gasteiger partial charge in [-0.05, 0) is 68.1 Å². The van der Waals surface area contributed by atoms with E-state index in [0.29, 0.717) is 38.6 Å². The van der Waals surface area contributed by atoms with Crippen LogP contribution in [-0.2, 0) is 24.1 Å². The minimum atomic E-state index is -4.43. The first kappa shape index (κ1) is 24.8. The zero-order chi connectivity index (χ0) is 24.6. The molecule has 1 aromatic heterocycles. The molecule has 5 nitrogen and oxygen atoms in total. The molecule has 1 fully saturated rings. The zero-order valence-electron chi connectivity index (χ0n) is 18.5. The number of rotatable bonds is 6. The van der Waals surface area contributed by atoms with Crippen molar-refractivity contribution in [2.45, 2.75) is 45.5 Å². The smallest absolute Gasteiger partial charge is 0.416 e. The van der Waals surface area contributed by atoms with E-state index in [2.05, 4.69) is 10.00 Å². The predicted molar refractivity (Wildman–Crippen MR) is 125 cm³/mol. The van der Waals surface area contributed by atoms with Crippen LogP contribution in [0.3, 0.4) is 0 Å². The maximum atomic E-state index is 13.2. The minimum Gasteiger partial charge on any atom is -0.481 e. The van der Waals surface area contributed by atoms with Gasteiger partial charge in [0, 0.05) is 28.9 Å². The third-order valence-corrected chi connectivity index (χ3v) is 7.21. The lowest BCUT2D eigenvalue weighted by Crippen LogP contribution is -2.34. The first-order valence-corrected chi connectivity index (χ1v) is 11.7. The number of aliphatic carboxylic acids is 1. The fourth-order valence-electron chi connectivity index (χ4n) is 4.63. The Morgan fingerprint density at radius 3 is 2.53 bits per heavy atom. The number of aromatic nitrogens is 2. The number of aryl methyl sites for hydroxylation is 1. The van der Waals surface area contributed by atoms with Gasteiger partial charge in [0.15, 0.2) is 0 Å². The Morgan fingerprint density at radius 2 is 1.88 bits per heavy atom. The summed E-state index contributed by atoms with van der Waals surface area (Å²) in [5, 5.41) is 14.7. The first-order chi connectivity index (χ1) is 16.0. The Balaban J connectivity index is 1.55. The third-order valence-electron chi connectivity index (χ3n) is 6.39. The fourth-order valence-corrected chi connectivity index (χ4v) is 5.18. The zero-order valence-corrected chi connectivity index (χ0v) is 20.0. The second-order valence-corrected chi connectivity index (χ2v) is 9.63. The largest absolute Gasteiger partial charge is 0.481 e. The number of carboxylic acids is 1. The summed E-state index contributed by atoms with van der Waals surface area (Å²) in [7, 11) is 0. The number of benzene rings is 2. The number of fused-ring (bicyclic) bond motifs is 1. The van der Waals surface area contributed by atoms with Gasteiger partial charge < -0.3 is 5.11 Å². The van der Waals surface area contributed by atoms with E-state index in [1.165, 1.54) is 6.20 Å². The third kappa shape index (κ3) is 5.34. The van der Waals surface area contributed by atoms with Gasteiger partial charge in [-0.25, -0.2) is 0 Å². The summed E-state index contributed by atoms with van der Waals surface area (Å²) in [4.78, 5) is 13.2. The number of halogens is 5. The highest BCUT2D eigenvalue weighted by Gasteiger charge is 2.31. The van der Waals surface area contributed by atoms with Gasteiger partial charge in [-0.2, -0.15) is 18.3 Å². The maximum absolute atomic E-state index is 13.2. The summed E-state index contributed by atoms with van der Waals surface area (Å²) in [6.07, 6.45) is -1.17. The molecule has 0 atom stereocenters. The fraction of sp³-hybridized carbons (Fsp3) is 0.417. The molecule has 0 amide bonds. The molecule has 1 aliphatic heterocycles. The van der Waals surface area contributed by atoms with E-state index in [-0.39, 0.29) is 18.9 Å². The molecule has 10 heteroatoms. The molecule has 0 unspecified atom stereocenters. The molecular weight excluding hydrogens is 490 g/mol. The van der Waals surface area contributed by atoms with Crippen LogP contribution in [0, 0.1) is 12.8 Å². The maximum Gasteiger partial charge on any atom is 0.416 e. The molecule has 0 aliphatic carbocycles. The number of piperidine rings is 1. The van der Waals surface area contributed by atoms with Gasteiger partial charge in [0.05, 0.1) is 28.8 Å². The van der Waals surface area contributed by atoms with Crippen molar-refractivity contribution >= 4 is 40.1 Å². The van der Waals surface area contributed by atoms with E-state index in [9.17, 15) is 18.0 Å². The van der Waals surface area contributed by atoms with Crippen LogP contribution >= 0.6 is 23.2 Å². The van der Waals surface area contributed by atoms with Crippen molar-refractivity contribution in [3.63, 3.8) is 0 Å². The van der Waals surface area contributed by atoms with E-state index in [0.717, 1.165) is 43.6 Å². The number of alkyl halides is 3. The van der Waals surface area contributed by atoms with E-state index in [1.54, 1.807) is 17.7 Å². The number of nitrogens with zero attached hydrogens (tertiary/aromatic N) is 3. The summed E-state index contributed by atoms with van der Waals surface area (Å²) >= 11 is 13.2. The lowest BCUT2D eigenvalue weighted by atomic mass is 9.93. The molecule has 0 radical (unpaired) electrons. The van der Waals surface area contributed by atoms with Gasteiger partial charge >= 0.3 is 12.1 Å². The normalized spacial score (nSPS) is 15.8. The first-order valence-electron chi connectivity index (χ1n) is 11.0. The summed E-state index contributed by atoms with van der Waals surface area (Å²) in [5.74, 6) is -0.570. The van der Waals surface area contributed by atoms with Gasteiger partial charge in [0.2, 0.25) is 0 Å². The van der Waals surface area contributed by atoms with Gasteiger partial charge in [-0.3, -0.25) is 14.4 Å². The van der Waals surface area contributed by atoms with Crippen LogP contribution in [0.1, 0.15) is 41.5 Å². The molecule has 0 saturated carbocycles. The molecule has 4 rings (SSSR count). The quantitative estimate of drug-likeness (QED) is 0.414. The SMILES string of the molecule is Cc1cc(C(F)(F)F)cc2cnn(Cc3c(Cl)ccc(CN4CCC(CC(=O)O)CC4)c3Cl)c12. The molecule has 2 aromatic carbocycles. The Kier molecular flexibility index (Phi) is 7.12. The number of likely N-dealkylation sites (tertiary alicyclic amines) is 1. The molecule has 0 spiro atoms. The highest BCUT2D eigenvalue weighted by molar-refractivity contribution is 6.36. The van der Waals surface area contributed by atoms with Crippen molar-refractivity contribution < 1.29 is 23.1 Å². The molecule has 2 heterocycles. The van der Waals surface area contributed by atoms with Crippen molar-refractivity contribution in [1.29, 1.82) is 0 Å². The van der Waals surface area contributed by atoms with Crippen molar-refractivity contribution in [2.75, 3.05) is 13.1 Å². The minimum absolute atomic E-state index is 0.194. The molecule has 1 aliphatic rings. The van der Waals surface area contributed by atoms with Gasteiger partial charge in [0.25, 0.3) is 0 Å². The second kappa shape index (κ2) is 9.76. The van der Waals surface area contributed by atoms with Gasteiger partial charge in [-0.15, -0.1) is 0 Å². The second-order valence-electron chi connectivity index (χ2n) is 8.85. The number of hydrogen-bond donors (Lipinski definition) is 1. The van der Waals surface area contributed by atoms with Crippen LogP contribution in [0.15, 0.2) is 30.5 Å². The van der Waals surface area contributed by atoms with E-state index >= 15 is 0 Å². The molecule has 3 aromatic rings. The molecule has 34 heavy (non-hydrogen) atoms. The van der Waals surface area contributed by atoms with Crippen LogP contribution in [0.2, 0.25) is 10.0 Å². The van der Waals surface area contributed by atoms with E-state index < -0.39 is 17.7 Å². The Labute approximate surface area is 205 Å². The number of hydrogen-bond acceptors (Lipinski definition) is 3. The molecule has 1 saturated heterocycles. The van der Waals surface area contributed by atoms with Crippen molar-refractivity contribution in [2.24, 2.45) is 5.92 Å².